The Labute approximate surface area is 215 Å². The number of hydrogen-bond acceptors (Lipinski definition) is 8. The maximum absolute atomic E-state index is 13.8. The minimum atomic E-state index is -4.45. The first-order chi connectivity index (χ1) is 17.5. The molecule has 37 heavy (non-hydrogen) atoms. The number of benzene rings is 2. The number of hydrogen-bond donors (Lipinski definition) is 0. The van der Waals surface area contributed by atoms with Crippen molar-refractivity contribution in [3.05, 3.63) is 82.2 Å². The second-order valence-corrected chi connectivity index (χ2v) is 10.7. The summed E-state index contributed by atoms with van der Waals surface area (Å²) in [5, 5.41) is 0. The number of aryl methyl sites for hydroxylation is 1. The van der Waals surface area contributed by atoms with Crippen LogP contribution in [0.2, 0.25) is 0 Å². The fraction of sp³-hybridized carbons (Fsp3) is 0.296. The monoisotopic (exact) mass is 525 g/mol. The fourth-order valence-corrected chi connectivity index (χ4v) is 5.52. The van der Waals surface area contributed by atoms with Crippen molar-refractivity contribution in [3.8, 4) is 5.75 Å². The van der Waals surface area contributed by atoms with Crippen LogP contribution in [0.1, 0.15) is 48.2 Å². The van der Waals surface area contributed by atoms with Crippen LogP contribution < -0.4 is 4.74 Å². The van der Waals surface area contributed by atoms with Gasteiger partial charge in [-0.1, -0.05) is 37.6 Å². The van der Waals surface area contributed by atoms with Gasteiger partial charge in [-0.25, -0.2) is 22.3 Å². The van der Waals surface area contributed by atoms with E-state index in [1.54, 1.807) is 44.2 Å². The number of ether oxygens (including phenoxy) is 3. The van der Waals surface area contributed by atoms with E-state index in [9.17, 15) is 22.8 Å². The molecule has 194 valence electrons. The van der Waals surface area contributed by atoms with Crippen molar-refractivity contribution in [2.24, 2.45) is 0 Å². The van der Waals surface area contributed by atoms with Crippen LogP contribution in [0, 0.1) is 6.92 Å². The Hall–Kier alpha value is -3.92. The molecular formula is C27H27NO8S. The molecule has 0 aliphatic carbocycles. The maximum atomic E-state index is 13.8. The number of sulfonamides is 1. The Balaban J connectivity index is 1.99. The van der Waals surface area contributed by atoms with Crippen LogP contribution in [0.25, 0.3) is 0 Å². The fourth-order valence-electron chi connectivity index (χ4n) is 4.15. The third-order valence-corrected chi connectivity index (χ3v) is 7.82. The summed E-state index contributed by atoms with van der Waals surface area (Å²) in [5.41, 5.74) is 0.761. The van der Waals surface area contributed by atoms with E-state index in [0.717, 1.165) is 24.4 Å². The highest BCUT2D eigenvalue weighted by Gasteiger charge is 2.48. The number of methoxy groups -OCH3 is 1. The lowest BCUT2D eigenvalue weighted by Crippen LogP contribution is -2.45. The molecule has 0 bridgehead atoms. The molecular weight excluding hydrogens is 498 g/mol. The summed E-state index contributed by atoms with van der Waals surface area (Å²) in [6, 6.07) is 11.0. The van der Waals surface area contributed by atoms with E-state index < -0.39 is 45.1 Å². The van der Waals surface area contributed by atoms with Crippen molar-refractivity contribution in [1.82, 2.24) is 4.31 Å². The smallest absolute Gasteiger partial charge is 0.356 e. The van der Waals surface area contributed by atoms with E-state index in [4.69, 9.17) is 14.2 Å². The van der Waals surface area contributed by atoms with Gasteiger partial charge in [0.25, 0.3) is 10.0 Å². The Bertz CT molecular complexity index is 1450. The number of carbonyl (C=O) groups is 3. The zero-order valence-corrected chi connectivity index (χ0v) is 21.9. The number of Topliss-reactive ketones (excluding diaryl/α,β-unsaturated/α-hetero) is 1. The molecule has 2 aliphatic heterocycles. The SMILES string of the molecule is CCOC(=O)C1=C(C(=O)OC)N(S(=O)(=O)c2ccc(C)cc2)C=C2C(=O)c3cc(C(C)C)ccc3OC21. The van der Waals surface area contributed by atoms with Gasteiger partial charge in [-0.05, 0) is 49.6 Å². The molecule has 2 aliphatic rings. The van der Waals surface area contributed by atoms with Gasteiger partial charge in [-0.2, -0.15) is 0 Å². The van der Waals surface area contributed by atoms with Gasteiger partial charge in [-0.15, -0.1) is 0 Å². The minimum Gasteiger partial charge on any atom is -0.480 e. The highest BCUT2D eigenvalue weighted by Crippen LogP contribution is 2.41. The number of carbonyl (C=O) groups excluding carboxylic acids is 3. The van der Waals surface area contributed by atoms with Gasteiger partial charge in [-0.3, -0.25) is 4.79 Å². The zero-order valence-electron chi connectivity index (χ0n) is 21.1. The van der Waals surface area contributed by atoms with Gasteiger partial charge in [0.15, 0.2) is 17.6 Å². The molecule has 2 aromatic rings. The molecule has 9 nitrogen and oxygen atoms in total. The average molecular weight is 526 g/mol. The van der Waals surface area contributed by atoms with Gasteiger partial charge in [0.05, 0.1) is 29.7 Å². The molecule has 0 radical (unpaired) electrons. The van der Waals surface area contributed by atoms with Gasteiger partial charge in [0, 0.05) is 6.20 Å². The third-order valence-electron chi connectivity index (χ3n) is 6.15. The Morgan fingerprint density at radius 3 is 2.35 bits per heavy atom. The molecule has 0 amide bonds. The highest BCUT2D eigenvalue weighted by molar-refractivity contribution is 7.89. The first-order valence-electron chi connectivity index (χ1n) is 11.7. The average Bonchev–Trinajstić information content (AvgIpc) is 2.87. The first-order valence-corrected chi connectivity index (χ1v) is 13.1. The van der Waals surface area contributed by atoms with Gasteiger partial charge in [0.1, 0.15) is 11.3 Å². The van der Waals surface area contributed by atoms with Crippen molar-refractivity contribution >= 4 is 27.7 Å². The van der Waals surface area contributed by atoms with Crippen LogP contribution in [0.15, 0.2) is 70.4 Å². The van der Waals surface area contributed by atoms with Crippen molar-refractivity contribution in [2.45, 2.75) is 44.6 Å². The second kappa shape index (κ2) is 9.85. The molecule has 0 fully saturated rings. The predicted octanol–water partition coefficient (Wildman–Crippen LogP) is 3.64. The number of fused-ring (bicyclic) bond motifs is 2. The number of nitrogens with zero attached hydrogens (tertiary/aromatic N) is 1. The Kier molecular flexibility index (Phi) is 6.96. The van der Waals surface area contributed by atoms with Crippen molar-refractivity contribution in [1.29, 1.82) is 0 Å². The summed E-state index contributed by atoms with van der Waals surface area (Å²) in [7, 11) is -3.40. The maximum Gasteiger partial charge on any atom is 0.356 e. The van der Waals surface area contributed by atoms with E-state index >= 15 is 0 Å². The van der Waals surface area contributed by atoms with E-state index in [0.29, 0.717) is 4.31 Å². The van der Waals surface area contributed by atoms with Gasteiger partial charge >= 0.3 is 11.9 Å². The molecule has 0 aromatic heterocycles. The predicted molar refractivity (Wildman–Crippen MR) is 133 cm³/mol. The summed E-state index contributed by atoms with van der Waals surface area (Å²) in [5.74, 6) is -2.31. The van der Waals surface area contributed by atoms with Crippen LogP contribution >= 0.6 is 0 Å². The lowest BCUT2D eigenvalue weighted by atomic mass is 9.87. The summed E-state index contributed by atoms with van der Waals surface area (Å²) in [4.78, 5) is 39.7. The molecule has 10 heteroatoms. The van der Waals surface area contributed by atoms with Crippen molar-refractivity contribution in [3.63, 3.8) is 0 Å². The highest BCUT2D eigenvalue weighted by atomic mass is 32.2. The van der Waals surface area contributed by atoms with Crippen LogP contribution in [0.3, 0.4) is 0 Å². The largest absolute Gasteiger partial charge is 0.480 e. The van der Waals surface area contributed by atoms with Gasteiger partial charge in [0.2, 0.25) is 0 Å². The lowest BCUT2D eigenvalue weighted by molar-refractivity contribution is -0.142. The molecule has 2 aromatic carbocycles. The van der Waals surface area contributed by atoms with Crippen LogP contribution in [0.4, 0.5) is 0 Å². The molecule has 2 heterocycles. The molecule has 0 saturated carbocycles. The van der Waals surface area contributed by atoms with Crippen LogP contribution in [-0.2, 0) is 29.1 Å². The molecule has 1 unspecified atom stereocenters. The molecule has 0 spiro atoms. The number of ketones is 1. The number of esters is 2. The minimum absolute atomic E-state index is 0.0600. The van der Waals surface area contributed by atoms with E-state index in [1.807, 2.05) is 13.8 Å². The lowest BCUT2D eigenvalue weighted by Gasteiger charge is -2.36. The van der Waals surface area contributed by atoms with E-state index in [1.165, 1.54) is 12.1 Å². The quantitative estimate of drug-likeness (QED) is 0.525. The third kappa shape index (κ3) is 4.53. The van der Waals surface area contributed by atoms with E-state index in [-0.39, 0.29) is 34.3 Å². The molecule has 0 N–H and O–H groups in total. The first kappa shape index (κ1) is 26.2. The standard InChI is InChI=1S/C27H27NO8S/c1-6-35-26(30)22-23(27(31)34-5)28(37(32,33)18-10-7-16(4)8-11-18)14-20-24(29)19-13-17(15(2)3)9-12-21(19)36-25(20)22/h7-15,25H,6H2,1-5H3. The van der Waals surface area contributed by atoms with Crippen molar-refractivity contribution in [2.75, 3.05) is 13.7 Å². The summed E-state index contributed by atoms with van der Waals surface area (Å²) in [6.07, 6.45) is -0.343. The van der Waals surface area contributed by atoms with Crippen LogP contribution in [0.5, 0.6) is 5.75 Å². The molecule has 1 atom stereocenters. The van der Waals surface area contributed by atoms with Crippen LogP contribution in [-0.4, -0.2) is 50.3 Å². The summed E-state index contributed by atoms with van der Waals surface area (Å²) in [6.45, 7) is 7.24. The van der Waals surface area contributed by atoms with Crippen molar-refractivity contribution < 1.29 is 37.0 Å². The normalized spacial score (nSPS) is 17.0. The van der Waals surface area contributed by atoms with Gasteiger partial charge < -0.3 is 14.2 Å². The number of rotatable bonds is 6. The van der Waals surface area contributed by atoms with E-state index in [2.05, 4.69) is 0 Å². The second-order valence-electron chi connectivity index (χ2n) is 8.91. The molecule has 4 rings (SSSR count). The zero-order chi connectivity index (χ0) is 27.1. The summed E-state index contributed by atoms with van der Waals surface area (Å²) >= 11 is 0. The topological polar surface area (TPSA) is 116 Å². The summed E-state index contributed by atoms with van der Waals surface area (Å²) < 4.78 is 44.2. The Morgan fingerprint density at radius 1 is 1.08 bits per heavy atom. The molecule has 0 saturated heterocycles. The Morgan fingerprint density at radius 2 is 1.76 bits per heavy atom.